The molecule has 39 heavy (non-hydrogen) atoms. The van der Waals surface area contributed by atoms with Gasteiger partial charge in [0.2, 0.25) is 0 Å². The lowest BCUT2D eigenvalue weighted by Gasteiger charge is -2.14. The number of aryl methyl sites for hydroxylation is 1. The van der Waals surface area contributed by atoms with E-state index in [0.29, 0.717) is 34.3 Å². The van der Waals surface area contributed by atoms with Gasteiger partial charge in [-0.1, -0.05) is 30.3 Å². The van der Waals surface area contributed by atoms with Crippen LogP contribution < -0.4 is 5.32 Å². The van der Waals surface area contributed by atoms with Crippen molar-refractivity contribution in [1.82, 2.24) is 28.9 Å². The normalized spacial score (nSPS) is 11.1. The van der Waals surface area contributed by atoms with Crippen LogP contribution in [0.2, 0.25) is 0 Å². The standard InChI is InChI=1S/C29H29N7O3/c1-18-31-23-15-30-14-13-24(23)35(18)16-19-9-11-20(12-10-19)27(37)21-17-36(29(39)34(4)5)25-8-6-7-22(26(21)25)32-28(38)33(2)3/h6-15,17H,16H2,1-5H3,(H,32,38). The molecule has 3 heterocycles. The van der Waals surface area contributed by atoms with E-state index < -0.39 is 0 Å². The van der Waals surface area contributed by atoms with Crippen LogP contribution in [0, 0.1) is 6.92 Å². The first-order chi connectivity index (χ1) is 18.7. The third-order valence-electron chi connectivity index (χ3n) is 6.61. The number of urea groups is 1. The van der Waals surface area contributed by atoms with Gasteiger partial charge < -0.3 is 19.7 Å². The second-order valence-corrected chi connectivity index (χ2v) is 9.75. The van der Waals surface area contributed by atoms with Crippen LogP contribution in [-0.4, -0.2) is 74.9 Å². The van der Waals surface area contributed by atoms with Gasteiger partial charge in [-0.3, -0.25) is 14.3 Å². The third-order valence-corrected chi connectivity index (χ3v) is 6.61. The van der Waals surface area contributed by atoms with Crippen LogP contribution in [0.1, 0.15) is 27.3 Å². The Hall–Kier alpha value is -4.99. The zero-order valence-electron chi connectivity index (χ0n) is 22.5. The number of nitrogens with one attached hydrogen (secondary N) is 1. The molecule has 10 nitrogen and oxygen atoms in total. The lowest BCUT2D eigenvalue weighted by molar-refractivity contribution is 0.104. The highest BCUT2D eigenvalue weighted by molar-refractivity contribution is 6.21. The number of hydrogen-bond donors (Lipinski definition) is 1. The fourth-order valence-electron chi connectivity index (χ4n) is 4.57. The summed E-state index contributed by atoms with van der Waals surface area (Å²) in [4.78, 5) is 50.8. The molecule has 5 aromatic rings. The van der Waals surface area contributed by atoms with E-state index in [4.69, 9.17) is 0 Å². The Morgan fingerprint density at radius 2 is 1.67 bits per heavy atom. The Balaban J connectivity index is 1.53. The molecular formula is C29H29N7O3. The molecular weight excluding hydrogens is 494 g/mol. The van der Waals surface area contributed by atoms with Crippen LogP contribution in [0.15, 0.2) is 67.1 Å². The van der Waals surface area contributed by atoms with Gasteiger partial charge in [0.05, 0.1) is 28.5 Å². The molecule has 1 N–H and O–H groups in total. The monoisotopic (exact) mass is 523 g/mol. The van der Waals surface area contributed by atoms with Gasteiger partial charge in [0.25, 0.3) is 0 Å². The van der Waals surface area contributed by atoms with Crippen molar-refractivity contribution in [3.8, 4) is 0 Å². The van der Waals surface area contributed by atoms with E-state index in [-0.39, 0.29) is 17.8 Å². The molecule has 0 fully saturated rings. The second-order valence-electron chi connectivity index (χ2n) is 9.75. The molecule has 0 aliphatic carbocycles. The van der Waals surface area contributed by atoms with Crippen molar-refractivity contribution in [1.29, 1.82) is 0 Å². The number of amides is 3. The van der Waals surface area contributed by atoms with E-state index in [1.165, 1.54) is 14.4 Å². The summed E-state index contributed by atoms with van der Waals surface area (Å²) in [7, 11) is 6.56. The fraction of sp³-hybridized carbons (Fsp3) is 0.207. The van der Waals surface area contributed by atoms with Gasteiger partial charge in [0.15, 0.2) is 5.78 Å². The largest absolute Gasteiger partial charge is 0.331 e. The number of rotatable bonds is 5. The Kier molecular flexibility index (Phi) is 6.61. The maximum atomic E-state index is 13.8. The number of imidazole rings is 1. The average Bonchev–Trinajstić information content (AvgIpc) is 3.46. The number of aromatic nitrogens is 4. The van der Waals surface area contributed by atoms with Crippen molar-refractivity contribution in [3.05, 3.63) is 89.6 Å². The minimum atomic E-state index is -0.338. The third kappa shape index (κ3) is 4.72. The van der Waals surface area contributed by atoms with Crippen molar-refractivity contribution in [3.63, 3.8) is 0 Å². The van der Waals surface area contributed by atoms with Crippen molar-refractivity contribution in [2.45, 2.75) is 13.5 Å². The molecule has 0 unspecified atom stereocenters. The van der Waals surface area contributed by atoms with Crippen LogP contribution in [0.3, 0.4) is 0 Å². The number of ketones is 1. The molecule has 0 saturated heterocycles. The summed E-state index contributed by atoms with van der Waals surface area (Å²) in [5, 5.41) is 3.36. The van der Waals surface area contributed by atoms with E-state index in [9.17, 15) is 14.4 Å². The minimum Gasteiger partial charge on any atom is -0.331 e. The van der Waals surface area contributed by atoms with Gasteiger partial charge >= 0.3 is 12.1 Å². The number of hydrogen-bond acceptors (Lipinski definition) is 5. The first-order valence-corrected chi connectivity index (χ1v) is 12.4. The Labute approximate surface area is 225 Å². The smallest absolute Gasteiger partial charge is 0.328 e. The van der Waals surface area contributed by atoms with Gasteiger partial charge in [-0.2, -0.15) is 0 Å². The van der Waals surface area contributed by atoms with Crippen molar-refractivity contribution in [2.24, 2.45) is 0 Å². The molecule has 0 spiro atoms. The van der Waals surface area contributed by atoms with Crippen LogP contribution in [-0.2, 0) is 6.54 Å². The molecule has 0 aliphatic rings. The lowest BCUT2D eigenvalue weighted by atomic mass is 10.0. The van der Waals surface area contributed by atoms with Gasteiger partial charge in [-0.15, -0.1) is 0 Å². The predicted molar refractivity (Wildman–Crippen MR) is 150 cm³/mol. The number of nitrogens with zero attached hydrogens (tertiary/aromatic N) is 6. The molecule has 198 valence electrons. The number of fused-ring (bicyclic) bond motifs is 2. The van der Waals surface area contributed by atoms with Crippen LogP contribution in [0.25, 0.3) is 21.9 Å². The van der Waals surface area contributed by atoms with E-state index in [1.54, 1.807) is 77.1 Å². The van der Waals surface area contributed by atoms with Crippen LogP contribution in [0.5, 0.6) is 0 Å². The summed E-state index contributed by atoms with van der Waals surface area (Å²) in [6, 6.07) is 13.9. The Bertz CT molecular complexity index is 1730. The molecule has 0 radical (unpaired) electrons. The summed E-state index contributed by atoms with van der Waals surface area (Å²) in [5.41, 5.74) is 4.62. The maximum Gasteiger partial charge on any atom is 0.328 e. The molecule has 10 heteroatoms. The lowest BCUT2D eigenvalue weighted by Crippen LogP contribution is -2.27. The summed E-state index contributed by atoms with van der Waals surface area (Å²) < 4.78 is 3.54. The first-order valence-electron chi connectivity index (χ1n) is 12.4. The van der Waals surface area contributed by atoms with Crippen molar-refractivity contribution in [2.75, 3.05) is 33.5 Å². The topological polar surface area (TPSA) is 105 Å². The maximum absolute atomic E-state index is 13.8. The number of pyridine rings is 1. The fourth-order valence-corrected chi connectivity index (χ4v) is 4.57. The SMILES string of the molecule is Cc1nc2cnccc2n1Cc1ccc(C(=O)c2cn(C(=O)N(C)C)c3cccc(NC(=O)N(C)C)c23)cc1. The summed E-state index contributed by atoms with van der Waals surface area (Å²) in [6.07, 6.45) is 5.03. The van der Waals surface area contributed by atoms with Gasteiger partial charge in [-0.25, -0.2) is 14.6 Å². The number of benzene rings is 2. The highest BCUT2D eigenvalue weighted by Crippen LogP contribution is 2.31. The zero-order chi connectivity index (χ0) is 27.8. The molecule has 3 aromatic heterocycles. The van der Waals surface area contributed by atoms with E-state index in [2.05, 4.69) is 19.9 Å². The summed E-state index contributed by atoms with van der Waals surface area (Å²) >= 11 is 0. The molecule has 0 atom stereocenters. The van der Waals surface area contributed by atoms with Gasteiger partial charge in [0, 0.05) is 58.1 Å². The van der Waals surface area contributed by atoms with E-state index in [0.717, 1.165) is 22.4 Å². The highest BCUT2D eigenvalue weighted by atomic mass is 16.2. The van der Waals surface area contributed by atoms with Gasteiger partial charge in [0.1, 0.15) is 11.3 Å². The average molecular weight is 524 g/mol. The van der Waals surface area contributed by atoms with Crippen LogP contribution in [0.4, 0.5) is 15.3 Å². The summed E-state index contributed by atoms with van der Waals surface area (Å²) in [6.45, 7) is 2.55. The van der Waals surface area contributed by atoms with Crippen LogP contribution >= 0.6 is 0 Å². The molecule has 0 aliphatic heterocycles. The van der Waals surface area contributed by atoms with E-state index in [1.807, 2.05) is 25.1 Å². The Morgan fingerprint density at radius 3 is 2.36 bits per heavy atom. The molecule has 0 bridgehead atoms. The zero-order valence-corrected chi connectivity index (χ0v) is 22.5. The number of anilines is 1. The van der Waals surface area contributed by atoms with Crippen molar-refractivity contribution >= 4 is 45.5 Å². The second kappa shape index (κ2) is 10.1. The Morgan fingerprint density at radius 1 is 0.923 bits per heavy atom. The molecule has 0 saturated carbocycles. The predicted octanol–water partition coefficient (Wildman–Crippen LogP) is 4.60. The minimum absolute atomic E-state index is 0.251. The molecule has 2 aromatic carbocycles. The molecule has 3 amide bonds. The quantitative estimate of drug-likeness (QED) is 0.339. The number of carbonyl (C=O) groups excluding carboxylic acids is 3. The highest BCUT2D eigenvalue weighted by Gasteiger charge is 2.23. The van der Waals surface area contributed by atoms with E-state index >= 15 is 0 Å². The first kappa shape index (κ1) is 25.7. The van der Waals surface area contributed by atoms with Crippen molar-refractivity contribution < 1.29 is 14.4 Å². The number of carbonyl (C=O) groups is 3. The summed E-state index contributed by atoms with van der Waals surface area (Å²) in [5.74, 6) is 0.627. The van der Waals surface area contributed by atoms with Gasteiger partial charge in [-0.05, 0) is 30.7 Å². The molecule has 5 rings (SSSR count).